The number of hydrogen-bond donors (Lipinski definition) is 1. The SMILES string of the molecule is CCOc1cncc(C(N)Cc2cccc(F)c2F)c1. The Labute approximate surface area is 116 Å². The predicted molar refractivity (Wildman–Crippen MR) is 72.4 cm³/mol. The molecule has 0 bridgehead atoms. The summed E-state index contributed by atoms with van der Waals surface area (Å²) >= 11 is 0. The summed E-state index contributed by atoms with van der Waals surface area (Å²) in [6.45, 7) is 2.40. The van der Waals surface area contributed by atoms with E-state index >= 15 is 0 Å². The summed E-state index contributed by atoms with van der Waals surface area (Å²) < 4.78 is 32.1. The topological polar surface area (TPSA) is 48.1 Å². The molecular weight excluding hydrogens is 262 g/mol. The van der Waals surface area contributed by atoms with Crippen LogP contribution < -0.4 is 10.5 Å². The molecule has 106 valence electrons. The van der Waals surface area contributed by atoms with E-state index in [1.165, 1.54) is 12.1 Å². The normalized spacial score (nSPS) is 12.2. The third kappa shape index (κ3) is 3.30. The lowest BCUT2D eigenvalue weighted by Gasteiger charge is -2.13. The van der Waals surface area contributed by atoms with Gasteiger partial charge in [0.1, 0.15) is 5.75 Å². The number of rotatable bonds is 5. The van der Waals surface area contributed by atoms with Crippen molar-refractivity contribution in [2.24, 2.45) is 5.73 Å². The van der Waals surface area contributed by atoms with E-state index in [-0.39, 0.29) is 12.0 Å². The molecule has 20 heavy (non-hydrogen) atoms. The van der Waals surface area contributed by atoms with Crippen molar-refractivity contribution in [2.75, 3.05) is 6.61 Å². The van der Waals surface area contributed by atoms with E-state index < -0.39 is 17.7 Å². The van der Waals surface area contributed by atoms with Crippen LogP contribution in [0.25, 0.3) is 0 Å². The molecule has 0 fully saturated rings. The molecular formula is C15H16F2N2O. The summed E-state index contributed by atoms with van der Waals surface area (Å²) in [5.74, 6) is -1.10. The molecule has 0 aliphatic carbocycles. The van der Waals surface area contributed by atoms with Gasteiger partial charge in [-0.1, -0.05) is 12.1 Å². The van der Waals surface area contributed by atoms with Crippen molar-refractivity contribution < 1.29 is 13.5 Å². The van der Waals surface area contributed by atoms with E-state index in [9.17, 15) is 8.78 Å². The molecule has 0 saturated carbocycles. The standard InChI is InChI=1S/C15H16F2N2O/c1-2-20-12-6-11(8-19-9-12)14(18)7-10-4-3-5-13(16)15(10)17/h3-6,8-9,14H,2,7,18H2,1H3. The average molecular weight is 278 g/mol. The Morgan fingerprint density at radius 1 is 1.30 bits per heavy atom. The summed E-state index contributed by atoms with van der Waals surface area (Å²) in [4.78, 5) is 4.03. The minimum Gasteiger partial charge on any atom is -0.492 e. The van der Waals surface area contributed by atoms with Crippen LogP contribution in [0.2, 0.25) is 0 Å². The third-order valence-corrected chi connectivity index (χ3v) is 2.94. The van der Waals surface area contributed by atoms with Gasteiger partial charge in [0, 0.05) is 12.2 Å². The van der Waals surface area contributed by atoms with Crippen LogP contribution in [-0.4, -0.2) is 11.6 Å². The van der Waals surface area contributed by atoms with E-state index in [2.05, 4.69) is 4.98 Å². The molecule has 2 aromatic rings. The lowest BCUT2D eigenvalue weighted by molar-refractivity contribution is 0.338. The number of ether oxygens (including phenoxy) is 1. The van der Waals surface area contributed by atoms with Crippen molar-refractivity contribution in [3.63, 3.8) is 0 Å². The summed E-state index contributed by atoms with van der Waals surface area (Å²) in [7, 11) is 0. The zero-order chi connectivity index (χ0) is 14.5. The van der Waals surface area contributed by atoms with Crippen molar-refractivity contribution in [1.82, 2.24) is 4.98 Å². The monoisotopic (exact) mass is 278 g/mol. The highest BCUT2D eigenvalue weighted by Gasteiger charge is 2.14. The quantitative estimate of drug-likeness (QED) is 0.914. The highest BCUT2D eigenvalue weighted by molar-refractivity contribution is 5.28. The van der Waals surface area contributed by atoms with Crippen LogP contribution in [0.1, 0.15) is 24.1 Å². The summed E-state index contributed by atoms with van der Waals surface area (Å²) in [5, 5.41) is 0. The molecule has 1 atom stereocenters. The van der Waals surface area contributed by atoms with Crippen molar-refractivity contribution >= 4 is 0 Å². The zero-order valence-electron chi connectivity index (χ0n) is 11.1. The molecule has 0 spiro atoms. The molecule has 3 nitrogen and oxygen atoms in total. The second-order valence-corrected chi connectivity index (χ2v) is 4.41. The lowest BCUT2D eigenvalue weighted by atomic mass is 10.0. The number of halogens is 2. The smallest absolute Gasteiger partial charge is 0.162 e. The molecule has 1 aromatic heterocycles. The van der Waals surface area contributed by atoms with Crippen LogP contribution in [0.15, 0.2) is 36.7 Å². The molecule has 1 aromatic carbocycles. The van der Waals surface area contributed by atoms with Gasteiger partial charge < -0.3 is 10.5 Å². The van der Waals surface area contributed by atoms with Gasteiger partial charge in [0.15, 0.2) is 11.6 Å². The van der Waals surface area contributed by atoms with Crippen LogP contribution in [0.4, 0.5) is 8.78 Å². The Balaban J connectivity index is 2.17. The van der Waals surface area contributed by atoms with Crippen LogP contribution in [0.5, 0.6) is 5.75 Å². The van der Waals surface area contributed by atoms with Crippen molar-refractivity contribution in [1.29, 1.82) is 0 Å². The van der Waals surface area contributed by atoms with Crippen LogP contribution in [0, 0.1) is 11.6 Å². The second kappa shape index (κ2) is 6.43. The fraction of sp³-hybridized carbons (Fsp3) is 0.267. The number of benzene rings is 1. The fourth-order valence-corrected chi connectivity index (χ4v) is 1.94. The second-order valence-electron chi connectivity index (χ2n) is 4.41. The Hall–Kier alpha value is -2.01. The number of nitrogens with two attached hydrogens (primary N) is 1. The summed E-state index contributed by atoms with van der Waals surface area (Å²) in [6, 6.07) is 5.37. The number of nitrogens with zero attached hydrogens (tertiary/aromatic N) is 1. The van der Waals surface area contributed by atoms with E-state index in [0.29, 0.717) is 12.4 Å². The Morgan fingerprint density at radius 2 is 2.10 bits per heavy atom. The van der Waals surface area contributed by atoms with Crippen molar-refractivity contribution in [3.05, 3.63) is 59.4 Å². The molecule has 5 heteroatoms. The van der Waals surface area contributed by atoms with Gasteiger partial charge in [-0.2, -0.15) is 0 Å². The van der Waals surface area contributed by atoms with Gasteiger partial charge in [0.05, 0.1) is 12.8 Å². The maximum absolute atomic E-state index is 13.6. The van der Waals surface area contributed by atoms with Gasteiger partial charge in [-0.15, -0.1) is 0 Å². The van der Waals surface area contributed by atoms with E-state index in [1.807, 2.05) is 6.92 Å². The van der Waals surface area contributed by atoms with Gasteiger partial charge in [0.2, 0.25) is 0 Å². The van der Waals surface area contributed by atoms with E-state index in [0.717, 1.165) is 11.6 Å². The first kappa shape index (κ1) is 14.4. The van der Waals surface area contributed by atoms with Crippen LogP contribution >= 0.6 is 0 Å². The minimum atomic E-state index is -0.865. The number of aromatic nitrogens is 1. The number of pyridine rings is 1. The van der Waals surface area contributed by atoms with Crippen molar-refractivity contribution in [2.45, 2.75) is 19.4 Å². The minimum absolute atomic E-state index is 0.195. The molecule has 0 amide bonds. The van der Waals surface area contributed by atoms with Crippen LogP contribution in [-0.2, 0) is 6.42 Å². The lowest BCUT2D eigenvalue weighted by Crippen LogP contribution is -2.15. The highest BCUT2D eigenvalue weighted by atomic mass is 19.2. The van der Waals surface area contributed by atoms with Gasteiger partial charge >= 0.3 is 0 Å². The molecule has 1 heterocycles. The highest BCUT2D eigenvalue weighted by Crippen LogP contribution is 2.21. The summed E-state index contributed by atoms with van der Waals surface area (Å²) in [5.41, 5.74) is 7.00. The maximum atomic E-state index is 13.6. The van der Waals surface area contributed by atoms with Gasteiger partial charge in [-0.3, -0.25) is 4.98 Å². The largest absolute Gasteiger partial charge is 0.492 e. The Morgan fingerprint density at radius 3 is 2.85 bits per heavy atom. The third-order valence-electron chi connectivity index (χ3n) is 2.94. The Kier molecular flexibility index (Phi) is 4.63. The first-order valence-corrected chi connectivity index (χ1v) is 6.38. The molecule has 0 radical (unpaired) electrons. The van der Waals surface area contributed by atoms with Crippen molar-refractivity contribution in [3.8, 4) is 5.75 Å². The average Bonchev–Trinajstić information content (AvgIpc) is 2.44. The fourth-order valence-electron chi connectivity index (χ4n) is 1.94. The Bertz CT molecular complexity index is 590. The molecule has 0 saturated heterocycles. The molecule has 0 aliphatic rings. The zero-order valence-corrected chi connectivity index (χ0v) is 11.1. The van der Waals surface area contributed by atoms with Gasteiger partial charge in [-0.25, -0.2) is 8.78 Å². The molecule has 1 unspecified atom stereocenters. The molecule has 0 aliphatic heterocycles. The first-order chi connectivity index (χ1) is 9.61. The van der Waals surface area contributed by atoms with E-state index in [4.69, 9.17) is 10.5 Å². The molecule has 2 rings (SSSR count). The maximum Gasteiger partial charge on any atom is 0.162 e. The molecule has 2 N–H and O–H groups in total. The number of hydrogen-bond acceptors (Lipinski definition) is 3. The summed E-state index contributed by atoms with van der Waals surface area (Å²) in [6.07, 6.45) is 3.38. The van der Waals surface area contributed by atoms with Gasteiger partial charge in [0.25, 0.3) is 0 Å². The first-order valence-electron chi connectivity index (χ1n) is 6.38. The predicted octanol–water partition coefficient (Wildman–Crippen LogP) is 3.00. The van der Waals surface area contributed by atoms with Crippen LogP contribution in [0.3, 0.4) is 0 Å². The van der Waals surface area contributed by atoms with E-state index in [1.54, 1.807) is 18.5 Å². The van der Waals surface area contributed by atoms with Gasteiger partial charge in [-0.05, 0) is 36.6 Å².